The zero-order valence-electron chi connectivity index (χ0n) is 13.8. The maximum Gasteiger partial charge on any atom is 0.334 e. The number of rotatable bonds is 11. The molecule has 3 heteroatoms. The van der Waals surface area contributed by atoms with Crippen LogP contribution in [0.15, 0.2) is 41.7 Å². The summed E-state index contributed by atoms with van der Waals surface area (Å²) < 4.78 is 5.78. The van der Waals surface area contributed by atoms with E-state index in [1.54, 1.807) is 6.92 Å². The highest BCUT2D eigenvalue weighted by molar-refractivity contribution is 5.86. The fourth-order valence-electron chi connectivity index (χ4n) is 2.31. The van der Waals surface area contributed by atoms with E-state index in [0.29, 0.717) is 23.5 Å². The van der Waals surface area contributed by atoms with E-state index in [0.717, 1.165) is 12.8 Å². The van der Waals surface area contributed by atoms with Crippen molar-refractivity contribution in [1.29, 1.82) is 0 Å². The number of hydrogen-bond acceptors (Lipinski definition) is 2. The van der Waals surface area contributed by atoms with Crippen LogP contribution >= 0.6 is 0 Å². The summed E-state index contributed by atoms with van der Waals surface area (Å²) in [5.74, 6) is 0.363. The molecule has 0 aliphatic heterocycles. The molecule has 0 atom stereocenters. The number of carboxylic acids is 1. The Bertz CT molecular complexity index is 463. The molecule has 0 aliphatic carbocycles. The standard InChI is InChI=1S/C19H28O3/c1-3-4-5-6-7-8-12-15-18(16(2)19(20)21)22-17-13-10-9-11-14-17/h9-11,13-14H,3-8,12,15H2,1-2H3,(H,20,21). The van der Waals surface area contributed by atoms with Crippen LogP contribution in [0.4, 0.5) is 0 Å². The van der Waals surface area contributed by atoms with E-state index < -0.39 is 5.97 Å². The van der Waals surface area contributed by atoms with Gasteiger partial charge in [-0.25, -0.2) is 4.79 Å². The fourth-order valence-corrected chi connectivity index (χ4v) is 2.31. The van der Waals surface area contributed by atoms with E-state index >= 15 is 0 Å². The SMILES string of the molecule is CCCCCCCCCC(Oc1ccccc1)=C(C)C(=O)O. The quantitative estimate of drug-likeness (QED) is 0.330. The first-order chi connectivity index (χ1) is 10.6. The van der Waals surface area contributed by atoms with Crippen molar-refractivity contribution in [2.75, 3.05) is 0 Å². The number of ether oxygens (including phenoxy) is 1. The van der Waals surface area contributed by atoms with Gasteiger partial charge < -0.3 is 9.84 Å². The highest BCUT2D eigenvalue weighted by Crippen LogP contribution is 2.20. The van der Waals surface area contributed by atoms with Gasteiger partial charge in [-0.3, -0.25) is 0 Å². The average molecular weight is 304 g/mol. The van der Waals surface area contributed by atoms with E-state index in [-0.39, 0.29) is 0 Å². The van der Waals surface area contributed by atoms with E-state index in [1.807, 2.05) is 30.3 Å². The van der Waals surface area contributed by atoms with Crippen LogP contribution in [-0.2, 0) is 4.79 Å². The average Bonchev–Trinajstić information content (AvgIpc) is 2.53. The number of carboxylic acid groups (broad SMARTS) is 1. The number of aliphatic carboxylic acids is 1. The minimum absolute atomic E-state index is 0.301. The summed E-state index contributed by atoms with van der Waals surface area (Å²) in [6.07, 6.45) is 9.12. The van der Waals surface area contributed by atoms with Gasteiger partial charge in [0.05, 0.1) is 5.57 Å². The number of para-hydroxylation sites is 1. The normalized spacial score (nSPS) is 11.9. The number of unbranched alkanes of at least 4 members (excludes halogenated alkanes) is 6. The number of allylic oxidation sites excluding steroid dienone is 1. The maximum atomic E-state index is 11.2. The van der Waals surface area contributed by atoms with Gasteiger partial charge in [-0.1, -0.05) is 63.6 Å². The lowest BCUT2D eigenvalue weighted by atomic mass is 10.1. The van der Waals surface area contributed by atoms with Crippen molar-refractivity contribution in [2.24, 2.45) is 0 Å². The molecule has 1 rings (SSSR count). The Hall–Kier alpha value is -1.77. The highest BCUT2D eigenvalue weighted by Gasteiger charge is 2.11. The van der Waals surface area contributed by atoms with Gasteiger partial charge in [0, 0.05) is 6.42 Å². The van der Waals surface area contributed by atoms with Crippen molar-refractivity contribution in [3.8, 4) is 5.75 Å². The Kier molecular flexibility index (Phi) is 9.04. The molecule has 0 unspecified atom stereocenters. The minimum Gasteiger partial charge on any atom is -0.478 e. The molecule has 0 saturated heterocycles. The lowest BCUT2D eigenvalue weighted by Gasteiger charge is -2.12. The number of carbonyl (C=O) groups is 1. The van der Waals surface area contributed by atoms with Gasteiger partial charge in [-0.15, -0.1) is 0 Å². The Labute approximate surface area is 134 Å². The van der Waals surface area contributed by atoms with Crippen LogP contribution < -0.4 is 4.74 Å². The van der Waals surface area contributed by atoms with Crippen LogP contribution in [0.3, 0.4) is 0 Å². The topological polar surface area (TPSA) is 46.5 Å². The van der Waals surface area contributed by atoms with Crippen molar-refractivity contribution < 1.29 is 14.6 Å². The monoisotopic (exact) mass is 304 g/mol. The molecule has 0 saturated carbocycles. The second kappa shape index (κ2) is 10.9. The summed E-state index contributed by atoms with van der Waals surface area (Å²) in [4.78, 5) is 11.2. The molecule has 1 aromatic rings. The zero-order valence-corrected chi connectivity index (χ0v) is 13.8. The second-order valence-electron chi connectivity index (χ2n) is 5.64. The molecule has 3 nitrogen and oxygen atoms in total. The van der Waals surface area contributed by atoms with Crippen LogP contribution in [0, 0.1) is 0 Å². The second-order valence-corrected chi connectivity index (χ2v) is 5.64. The molecule has 22 heavy (non-hydrogen) atoms. The third-order valence-corrected chi connectivity index (χ3v) is 3.73. The van der Waals surface area contributed by atoms with E-state index in [1.165, 1.54) is 32.1 Å². The van der Waals surface area contributed by atoms with Crippen LogP contribution in [0.1, 0.15) is 65.2 Å². The maximum absolute atomic E-state index is 11.2. The molecule has 0 heterocycles. The van der Waals surface area contributed by atoms with E-state index in [2.05, 4.69) is 6.92 Å². The van der Waals surface area contributed by atoms with Gasteiger partial charge in [0.1, 0.15) is 11.5 Å². The van der Waals surface area contributed by atoms with Crippen molar-refractivity contribution in [3.05, 3.63) is 41.7 Å². The molecule has 1 N–H and O–H groups in total. The highest BCUT2D eigenvalue weighted by atomic mass is 16.5. The third kappa shape index (κ3) is 7.30. The molecule has 0 aliphatic rings. The summed E-state index contributed by atoms with van der Waals surface area (Å²) in [5, 5.41) is 9.19. The van der Waals surface area contributed by atoms with Crippen molar-refractivity contribution in [2.45, 2.75) is 65.2 Å². The van der Waals surface area contributed by atoms with Gasteiger partial charge in [-0.05, 0) is 25.5 Å². The lowest BCUT2D eigenvalue weighted by molar-refractivity contribution is -0.132. The molecule has 0 bridgehead atoms. The van der Waals surface area contributed by atoms with Crippen LogP contribution in [-0.4, -0.2) is 11.1 Å². The van der Waals surface area contributed by atoms with E-state index in [4.69, 9.17) is 4.74 Å². The lowest BCUT2D eigenvalue weighted by Crippen LogP contribution is -2.06. The van der Waals surface area contributed by atoms with Gasteiger partial charge in [-0.2, -0.15) is 0 Å². The molecule has 0 amide bonds. The Morgan fingerprint density at radius 3 is 2.18 bits per heavy atom. The smallest absolute Gasteiger partial charge is 0.334 e. The first-order valence-electron chi connectivity index (χ1n) is 8.31. The van der Waals surface area contributed by atoms with Crippen LogP contribution in [0.2, 0.25) is 0 Å². The number of benzene rings is 1. The molecule has 0 aromatic heterocycles. The van der Waals surface area contributed by atoms with Gasteiger partial charge >= 0.3 is 5.97 Å². The van der Waals surface area contributed by atoms with Gasteiger partial charge in [0.25, 0.3) is 0 Å². The van der Waals surface area contributed by atoms with Crippen molar-refractivity contribution >= 4 is 5.97 Å². The summed E-state index contributed by atoms with van der Waals surface area (Å²) in [5.41, 5.74) is 0.301. The number of hydrogen-bond donors (Lipinski definition) is 1. The Morgan fingerprint density at radius 2 is 1.59 bits per heavy atom. The molecule has 122 valence electrons. The van der Waals surface area contributed by atoms with Crippen LogP contribution in [0.5, 0.6) is 5.75 Å². The van der Waals surface area contributed by atoms with Gasteiger partial charge in [0.15, 0.2) is 0 Å². The van der Waals surface area contributed by atoms with Crippen molar-refractivity contribution in [3.63, 3.8) is 0 Å². The molecular formula is C19H28O3. The molecule has 1 aromatic carbocycles. The van der Waals surface area contributed by atoms with Crippen molar-refractivity contribution in [1.82, 2.24) is 0 Å². The molecule has 0 fully saturated rings. The first kappa shape index (κ1) is 18.3. The predicted octanol–water partition coefficient (Wildman–Crippen LogP) is 5.56. The largest absolute Gasteiger partial charge is 0.478 e. The summed E-state index contributed by atoms with van der Waals surface area (Å²) in [7, 11) is 0. The summed E-state index contributed by atoms with van der Waals surface area (Å²) in [6, 6.07) is 9.38. The summed E-state index contributed by atoms with van der Waals surface area (Å²) in [6.45, 7) is 3.83. The van der Waals surface area contributed by atoms with E-state index in [9.17, 15) is 9.90 Å². The Balaban J connectivity index is 2.47. The molecular weight excluding hydrogens is 276 g/mol. The van der Waals surface area contributed by atoms with Crippen LogP contribution in [0.25, 0.3) is 0 Å². The molecule has 0 radical (unpaired) electrons. The Morgan fingerprint density at radius 1 is 1.00 bits per heavy atom. The zero-order chi connectivity index (χ0) is 16.2. The third-order valence-electron chi connectivity index (χ3n) is 3.73. The first-order valence-corrected chi connectivity index (χ1v) is 8.31. The summed E-state index contributed by atoms with van der Waals surface area (Å²) >= 11 is 0. The minimum atomic E-state index is -0.908. The molecule has 0 spiro atoms. The fraction of sp³-hybridized carbons (Fsp3) is 0.526. The predicted molar refractivity (Wildman–Crippen MR) is 90.0 cm³/mol. The van der Waals surface area contributed by atoms with Gasteiger partial charge in [0.2, 0.25) is 0 Å².